The van der Waals surface area contributed by atoms with Gasteiger partial charge in [-0.25, -0.2) is 0 Å². The monoisotopic (exact) mass is 380 g/mol. The average molecular weight is 380 g/mol. The van der Waals surface area contributed by atoms with Crippen molar-refractivity contribution in [3.63, 3.8) is 0 Å². The Morgan fingerprint density at radius 1 is 1.04 bits per heavy atom. The van der Waals surface area contributed by atoms with Gasteiger partial charge in [0.15, 0.2) is 5.78 Å². The van der Waals surface area contributed by atoms with Crippen LogP contribution in [0.3, 0.4) is 0 Å². The summed E-state index contributed by atoms with van der Waals surface area (Å²) < 4.78 is 0. The van der Waals surface area contributed by atoms with Crippen LogP contribution in [0, 0.1) is 0 Å². The van der Waals surface area contributed by atoms with E-state index in [4.69, 9.17) is 0 Å². The fourth-order valence-corrected chi connectivity index (χ4v) is 3.85. The van der Waals surface area contributed by atoms with Crippen molar-refractivity contribution in [2.24, 2.45) is 0 Å². The highest BCUT2D eigenvalue weighted by molar-refractivity contribution is 6.08. The van der Waals surface area contributed by atoms with Crippen molar-refractivity contribution in [1.82, 2.24) is 9.80 Å². The van der Waals surface area contributed by atoms with Gasteiger partial charge in [0, 0.05) is 38.5 Å². The second-order valence-corrected chi connectivity index (χ2v) is 7.45. The Morgan fingerprint density at radius 3 is 2.57 bits per heavy atom. The second-order valence-electron chi connectivity index (χ2n) is 7.45. The number of hydrogen-bond donors (Lipinski definition) is 0. The molecule has 2 amide bonds. The predicted molar refractivity (Wildman–Crippen MR) is 110 cm³/mol. The maximum absolute atomic E-state index is 12.8. The Balaban J connectivity index is 1.68. The van der Waals surface area contributed by atoms with Crippen molar-refractivity contribution in [1.29, 1.82) is 0 Å². The summed E-state index contributed by atoms with van der Waals surface area (Å²) in [6.07, 6.45) is 2.87. The maximum atomic E-state index is 12.8. The number of carbonyl (C=O) groups is 3. The van der Waals surface area contributed by atoms with Gasteiger partial charge in [0.05, 0.1) is 0 Å². The lowest BCUT2D eigenvalue weighted by Gasteiger charge is -2.39. The standard InChI is InChI=1S/C23H28N2O3/c1-3-4-12-20-23(28)24(2)15-16-25(20)22(27)14-13-21(26)19-11-7-9-17-8-5-6-10-18(17)19/h5-11,20H,3-4,12-16H2,1-2H3. The number of likely N-dealkylation sites (N-methyl/N-ethyl adjacent to an activating group) is 1. The Kier molecular flexibility index (Phi) is 6.45. The van der Waals surface area contributed by atoms with Crippen molar-refractivity contribution in [3.8, 4) is 0 Å². The quantitative estimate of drug-likeness (QED) is 0.689. The number of benzene rings is 2. The summed E-state index contributed by atoms with van der Waals surface area (Å²) in [4.78, 5) is 41.5. The number of ketones is 1. The molecule has 148 valence electrons. The Morgan fingerprint density at radius 2 is 1.79 bits per heavy atom. The van der Waals surface area contributed by atoms with Crippen LogP contribution in [0.1, 0.15) is 49.4 Å². The molecule has 0 spiro atoms. The molecule has 1 fully saturated rings. The molecule has 1 unspecified atom stereocenters. The summed E-state index contributed by atoms with van der Waals surface area (Å²) >= 11 is 0. The lowest BCUT2D eigenvalue weighted by molar-refractivity contribution is -0.150. The van der Waals surface area contributed by atoms with Crippen LogP contribution in [-0.4, -0.2) is 53.6 Å². The van der Waals surface area contributed by atoms with Gasteiger partial charge in [-0.2, -0.15) is 0 Å². The van der Waals surface area contributed by atoms with Gasteiger partial charge in [0.1, 0.15) is 6.04 Å². The molecule has 0 aliphatic carbocycles. The van der Waals surface area contributed by atoms with Crippen molar-refractivity contribution < 1.29 is 14.4 Å². The topological polar surface area (TPSA) is 57.7 Å². The molecule has 1 saturated heterocycles. The van der Waals surface area contributed by atoms with Gasteiger partial charge in [-0.05, 0) is 17.2 Å². The molecular weight excluding hydrogens is 352 g/mol. The van der Waals surface area contributed by atoms with Gasteiger partial charge in [-0.1, -0.05) is 62.2 Å². The van der Waals surface area contributed by atoms with Crippen LogP contribution in [0.5, 0.6) is 0 Å². The van der Waals surface area contributed by atoms with E-state index in [1.54, 1.807) is 16.8 Å². The molecule has 1 aliphatic heterocycles. The Bertz CT molecular complexity index is 872. The Hall–Kier alpha value is -2.69. The van der Waals surface area contributed by atoms with Crippen LogP contribution >= 0.6 is 0 Å². The molecule has 1 atom stereocenters. The predicted octanol–water partition coefficient (Wildman–Crippen LogP) is 3.66. The normalized spacial score (nSPS) is 17.2. The van der Waals surface area contributed by atoms with Gasteiger partial charge >= 0.3 is 0 Å². The zero-order chi connectivity index (χ0) is 20.1. The molecule has 0 radical (unpaired) electrons. The minimum atomic E-state index is -0.390. The molecule has 28 heavy (non-hydrogen) atoms. The number of nitrogens with zero attached hydrogens (tertiary/aromatic N) is 2. The van der Waals surface area contributed by atoms with Gasteiger partial charge in [0.25, 0.3) is 0 Å². The molecular formula is C23H28N2O3. The fraction of sp³-hybridized carbons (Fsp3) is 0.435. The van der Waals surface area contributed by atoms with Crippen LogP contribution in [-0.2, 0) is 9.59 Å². The average Bonchev–Trinajstić information content (AvgIpc) is 2.72. The third-order valence-corrected chi connectivity index (χ3v) is 5.52. The van der Waals surface area contributed by atoms with E-state index in [0.29, 0.717) is 25.1 Å². The minimum absolute atomic E-state index is 0.00781. The van der Waals surface area contributed by atoms with Crippen LogP contribution < -0.4 is 0 Å². The molecule has 2 aromatic rings. The van der Waals surface area contributed by atoms with Crippen molar-refractivity contribution in [2.45, 2.75) is 45.1 Å². The molecule has 0 N–H and O–H groups in total. The number of amides is 2. The first kappa shape index (κ1) is 20.1. The van der Waals surface area contributed by atoms with Crippen molar-refractivity contribution in [3.05, 3.63) is 48.0 Å². The van der Waals surface area contributed by atoms with Crippen LogP contribution in [0.25, 0.3) is 10.8 Å². The number of carbonyl (C=O) groups excluding carboxylic acids is 3. The highest BCUT2D eigenvalue weighted by Gasteiger charge is 2.35. The van der Waals surface area contributed by atoms with Crippen LogP contribution in [0.15, 0.2) is 42.5 Å². The summed E-state index contributed by atoms with van der Waals surface area (Å²) in [5.74, 6) is -0.125. The second kappa shape index (κ2) is 9.00. The smallest absolute Gasteiger partial charge is 0.245 e. The van der Waals surface area contributed by atoms with Gasteiger partial charge in [0.2, 0.25) is 11.8 Å². The number of unbranched alkanes of at least 4 members (excludes halogenated alkanes) is 1. The van der Waals surface area contributed by atoms with Crippen molar-refractivity contribution in [2.75, 3.05) is 20.1 Å². The molecule has 5 nitrogen and oxygen atoms in total. The SMILES string of the molecule is CCCCC1C(=O)N(C)CCN1C(=O)CCC(=O)c1cccc2ccccc12. The molecule has 2 aromatic carbocycles. The molecule has 3 rings (SSSR count). The molecule has 0 aromatic heterocycles. The van der Waals surface area contributed by atoms with E-state index in [0.717, 1.165) is 23.6 Å². The first-order valence-corrected chi connectivity index (χ1v) is 10.1. The summed E-state index contributed by atoms with van der Waals surface area (Å²) in [6.45, 7) is 3.16. The Labute approximate surface area is 166 Å². The molecule has 0 bridgehead atoms. The summed E-state index contributed by atoms with van der Waals surface area (Å²) in [7, 11) is 1.78. The van der Waals surface area contributed by atoms with Gasteiger partial charge in [-0.3, -0.25) is 14.4 Å². The van der Waals surface area contributed by atoms with E-state index in [9.17, 15) is 14.4 Å². The number of hydrogen-bond acceptors (Lipinski definition) is 3. The fourth-order valence-electron chi connectivity index (χ4n) is 3.85. The summed E-state index contributed by atoms with van der Waals surface area (Å²) in [5, 5.41) is 1.93. The highest BCUT2D eigenvalue weighted by Crippen LogP contribution is 2.22. The largest absolute Gasteiger partial charge is 0.342 e. The third-order valence-electron chi connectivity index (χ3n) is 5.52. The van der Waals surface area contributed by atoms with Crippen molar-refractivity contribution >= 4 is 28.4 Å². The van der Waals surface area contributed by atoms with E-state index in [1.165, 1.54) is 0 Å². The zero-order valence-electron chi connectivity index (χ0n) is 16.7. The number of fused-ring (bicyclic) bond motifs is 1. The summed E-state index contributed by atoms with van der Waals surface area (Å²) in [6, 6.07) is 13.1. The van der Waals surface area contributed by atoms with E-state index >= 15 is 0 Å². The molecule has 5 heteroatoms. The van der Waals surface area contributed by atoms with E-state index < -0.39 is 0 Å². The number of rotatable bonds is 7. The lowest BCUT2D eigenvalue weighted by Crippen LogP contribution is -2.57. The van der Waals surface area contributed by atoms with Crippen LogP contribution in [0.2, 0.25) is 0 Å². The molecule has 1 heterocycles. The molecule has 0 saturated carbocycles. The highest BCUT2D eigenvalue weighted by atomic mass is 16.2. The maximum Gasteiger partial charge on any atom is 0.245 e. The van der Waals surface area contributed by atoms with Crippen LogP contribution in [0.4, 0.5) is 0 Å². The number of Topliss-reactive ketones (excluding diaryl/α,β-unsaturated/α-hetero) is 1. The van der Waals surface area contributed by atoms with E-state index in [-0.39, 0.29) is 36.5 Å². The first-order valence-electron chi connectivity index (χ1n) is 10.1. The third kappa shape index (κ3) is 4.24. The lowest BCUT2D eigenvalue weighted by atomic mass is 9.98. The zero-order valence-corrected chi connectivity index (χ0v) is 16.7. The number of piperazine rings is 1. The summed E-state index contributed by atoms with van der Waals surface area (Å²) in [5.41, 5.74) is 0.655. The van der Waals surface area contributed by atoms with E-state index in [1.807, 2.05) is 42.5 Å². The minimum Gasteiger partial charge on any atom is -0.342 e. The van der Waals surface area contributed by atoms with Gasteiger partial charge in [-0.15, -0.1) is 0 Å². The van der Waals surface area contributed by atoms with E-state index in [2.05, 4.69) is 6.92 Å². The van der Waals surface area contributed by atoms with Gasteiger partial charge < -0.3 is 9.80 Å². The first-order chi connectivity index (χ1) is 13.5. The molecule has 1 aliphatic rings.